The first-order chi connectivity index (χ1) is 16.5. The highest BCUT2D eigenvalue weighted by Gasteiger charge is 2.30. The Hall–Kier alpha value is -2.85. The number of carbonyl (C=O) groups is 2. The molecule has 2 aromatic carbocycles. The zero-order valence-corrected chi connectivity index (χ0v) is 21.5. The predicted octanol–water partition coefficient (Wildman–Crippen LogP) is 2.24. The van der Waals surface area contributed by atoms with Gasteiger partial charge in [-0.05, 0) is 41.8 Å². The normalized spacial score (nSPS) is 17.6. The van der Waals surface area contributed by atoms with Gasteiger partial charge in [-0.1, -0.05) is 29.5 Å². The van der Waals surface area contributed by atoms with E-state index in [4.69, 9.17) is 0 Å². The monoisotopic (exact) mass is 497 g/mol. The first-order valence-electron chi connectivity index (χ1n) is 11.8. The lowest BCUT2D eigenvalue weighted by Gasteiger charge is -2.32. The second-order valence-corrected chi connectivity index (χ2v) is 11.2. The van der Waals surface area contributed by atoms with E-state index in [1.165, 1.54) is 0 Å². The molecule has 2 N–H and O–H groups in total. The summed E-state index contributed by atoms with van der Waals surface area (Å²) in [5.41, 5.74) is 3.06. The molecule has 3 aromatic rings. The molecule has 0 aliphatic carbocycles. The molecular formula is C26H33N4O4S+. The Kier molecular flexibility index (Phi) is 7.23. The SMILES string of the molecule is CN(C(=O)Cc1ccc2sc(=O)[nH]c2c1)[C@H](CN1CC[C@H](O)C1)c1cccc(C(=O)[N+](C)(C)C)c1. The van der Waals surface area contributed by atoms with Gasteiger partial charge in [0.05, 0.1) is 55.5 Å². The van der Waals surface area contributed by atoms with Crippen LogP contribution in [0.5, 0.6) is 0 Å². The van der Waals surface area contributed by atoms with Crippen LogP contribution in [0.1, 0.15) is 33.9 Å². The van der Waals surface area contributed by atoms with Gasteiger partial charge in [0.2, 0.25) is 5.91 Å². The Morgan fingerprint density at radius 2 is 2.00 bits per heavy atom. The van der Waals surface area contributed by atoms with Crippen LogP contribution >= 0.6 is 11.3 Å². The number of likely N-dealkylation sites (N-methyl/N-ethyl adjacent to an activating group) is 1. The summed E-state index contributed by atoms with van der Waals surface area (Å²) >= 11 is 1.15. The molecule has 0 bridgehead atoms. The molecule has 35 heavy (non-hydrogen) atoms. The average molecular weight is 498 g/mol. The summed E-state index contributed by atoms with van der Waals surface area (Å²) in [6.07, 6.45) is 0.548. The minimum absolute atomic E-state index is 0.00534. The average Bonchev–Trinajstić information content (AvgIpc) is 3.39. The van der Waals surface area contributed by atoms with Crippen LogP contribution < -0.4 is 4.87 Å². The van der Waals surface area contributed by atoms with Crippen LogP contribution in [0, 0.1) is 0 Å². The molecular weight excluding hydrogens is 464 g/mol. The minimum Gasteiger partial charge on any atom is -0.392 e. The molecule has 186 valence electrons. The number of β-amino-alcohol motifs (C(OH)–C–C–N with tert-alkyl or cyclic N) is 1. The first kappa shape index (κ1) is 25.2. The number of benzene rings is 2. The van der Waals surface area contributed by atoms with Gasteiger partial charge in [-0.15, -0.1) is 0 Å². The number of aliphatic hydroxyl groups excluding tert-OH is 1. The molecule has 4 rings (SSSR count). The van der Waals surface area contributed by atoms with Crippen LogP contribution in [0.4, 0.5) is 0 Å². The van der Waals surface area contributed by atoms with Crippen molar-refractivity contribution in [1.82, 2.24) is 14.8 Å². The molecule has 2 amide bonds. The van der Waals surface area contributed by atoms with Crippen LogP contribution in [0.15, 0.2) is 47.3 Å². The van der Waals surface area contributed by atoms with Gasteiger partial charge < -0.3 is 15.0 Å². The Labute approximate surface area is 209 Å². The summed E-state index contributed by atoms with van der Waals surface area (Å²) in [6.45, 7) is 1.90. The molecule has 1 aromatic heterocycles. The van der Waals surface area contributed by atoms with Crippen molar-refractivity contribution in [3.8, 4) is 0 Å². The number of likely N-dealkylation sites (tertiary alicyclic amines) is 1. The molecule has 0 saturated carbocycles. The fourth-order valence-corrected chi connectivity index (χ4v) is 5.24. The Morgan fingerprint density at radius 1 is 1.23 bits per heavy atom. The fourth-order valence-electron chi connectivity index (χ4n) is 4.52. The molecule has 0 radical (unpaired) electrons. The zero-order valence-electron chi connectivity index (χ0n) is 20.7. The van der Waals surface area contributed by atoms with E-state index in [0.717, 1.165) is 39.2 Å². The number of hydrogen-bond acceptors (Lipinski definition) is 6. The van der Waals surface area contributed by atoms with Gasteiger partial charge >= 0.3 is 10.8 Å². The van der Waals surface area contributed by atoms with Crippen LogP contribution in [-0.2, 0) is 11.2 Å². The third-order valence-corrected chi connectivity index (χ3v) is 7.37. The number of hydrogen-bond donors (Lipinski definition) is 2. The second kappa shape index (κ2) is 10.0. The molecule has 0 spiro atoms. The van der Waals surface area contributed by atoms with E-state index in [1.54, 1.807) is 11.9 Å². The molecule has 1 aliphatic rings. The lowest BCUT2D eigenvalue weighted by molar-refractivity contribution is -0.785. The Bertz CT molecular complexity index is 1290. The van der Waals surface area contributed by atoms with Crippen LogP contribution in [-0.4, -0.2) is 90.1 Å². The molecule has 8 nitrogen and oxygen atoms in total. The van der Waals surface area contributed by atoms with Crippen LogP contribution in [0.3, 0.4) is 0 Å². The third-order valence-electron chi connectivity index (χ3n) is 6.51. The highest BCUT2D eigenvalue weighted by atomic mass is 32.1. The summed E-state index contributed by atoms with van der Waals surface area (Å²) in [6, 6.07) is 12.8. The molecule has 1 fully saturated rings. The van der Waals surface area contributed by atoms with E-state index < -0.39 is 0 Å². The quantitative estimate of drug-likeness (QED) is 0.489. The number of fused-ring (bicyclic) bond motifs is 1. The maximum absolute atomic E-state index is 13.4. The van der Waals surface area contributed by atoms with Gasteiger partial charge in [0, 0.05) is 26.7 Å². The van der Waals surface area contributed by atoms with Crippen molar-refractivity contribution in [2.75, 3.05) is 47.8 Å². The lowest BCUT2D eigenvalue weighted by atomic mass is 10.0. The maximum Gasteiger partial charge on any atom is 0.345 e. The maximum atomic E-state index is 13.4. The van der Waals surface area contributed by atoms with E-state index >= 15 is 0 Å². The van der Waals surface area contributed by atoms with E-state index in [-0.39, 0.29) is 39.7 Å². The van der Waals surface area contributed by atoms with Crippen LogP contribution in [0.2, 0.25) is 0 Å². The standard InChI is InChI=1S/C26H32N4O4S/c1-28(24(32)13-17-8-9-23-21(12-17)27-26(34)35-23)22(16-29-11-10-20(31)15-29)18-6-5-7-19(14-18)25(33)30(2,3)4/h5-9,12,14,20,22,31H,10-11,13,15-16H2,1-4H3/p+1/t20-,22+/m0/s1. The molecule has 1 aliphatic heterocycles. The number of aliphatic hydroxyl groups is 1. The van der Waals surface area contributed by atoms with Crippen molar-refractivity contribution in [3.05, 3.63) is 68.8 Å². The van der Waals surface area contributed by atoms with Crippen molar-refractivity contribution in [1.29, 1.82) is 0 Å². The fraction of sp³-hybridized carbons (Fsp3) is 0.423. The smallest absolute Gasteiger partial charge is 0.345 e. The van der Waals surface area contributed by atoms with Crippen molar-refractivity contribution >= 4 is 33.4 Å². The van der Waals surface area contributed by atoms with Crippen molar-refractivity contribution in [3.63, 3.8) is 0 Å². The van der Waals surface area contributed by atoms with E-state index in [1.807, 2.05) is 63.6 Å². The van der Waals surface area contributed by atoms with Gasteiger partial charge in [-0.2, -0.15) is 0 Å². The summed E-state index contributed by atoms with van der Waals surface area (Å²) in [5.74, 6) is -0.0655. The van der Waals surface area contributed by atoms with E-state index in [0.29, 0.717) is 25.1 Å². The van der Waals surface area contributed by atoms with Crippen molar-refractivity contribution in [2.24, 2.45) is 0 Å². The number of amides is 2. The number of nitrogens with zero attached hydrogens (tertiary/aromatic N) is 3. The molecule has 2 heterocycles. The topological polar surface area (TPSA) is 93.7 Å². The predicted molar refractivity (Wildman–Crippen MR) is 138 cm³/mol. The minimum atomic E-state index is -0.359. The molecule has 1 saturated heterocycles. The van der Waals surface area contributed by atoms with Gasteiger partial charge in [0.15, 0.2) is 0 Å². The third kappa shape index (κ3) is 5.87. The van der Waals surface area contributed by atoms with Gasteiger partial charge in [0.25, 0.3) is 0 Å². The van der Waals surface area contributed by atoms with Gasteiger partial charge in [-0.3, -0.25) is 19.0 Å². The second-order valence-electron chi connectivity index (χ2n) is 10.2. The summed E-state index contributed by atoms with van der Waals surface area (Å²) < 4.78 is 1.04. The summed E-state index contributed by atoms with van der Waals surface area (Å²) in [7, 11) is 7.31. The molecule has 2 atom stereocenters. The van der Waals surface area contributed by atoms with E-state index in [9.17, 15) is 19.5 Å². The largest absolute Gasteiger partial charge is 0.392 e. The van der Waals surface area contributed by atoms with Crippen molar-refractivity contribution in [2.45, 2.75) is 25.0 Å². The van der Waals surface area contributed by atoms with E-state index in [2.05, 4.69) is 9.88 Å². The summed E-state index contributed by atoms with van der Waals surface area (Å²) in [4.78, 5) is 44.5. The van der Waals surface area contributed by atoms with Gasteiger partial charge in [0.1, 0.15) is 0 Å². The number of nitrogens with one attached hydrogen (secondary N) is 1. The number of H-pyrrole nitrogens is 1. The Morgan fingerprint density at radius 3 is 2.69 bits per heavy atom. The van der Waals surface area contributed by atoms with Crippen molar-refractivity contribution < 1.29 is 19.2 Å². The Balaban J connectivity index is 1.60. The molecule has 9 heteroatoms. The number of thiazole rings is 1. The number of carbonyl (C=O) groups excluding carboxylic acids is 2. The molecule has 0 unspecified atom stereocenters. The highest BCUT2D eigenvalue weighted by molar-refractivity contribution is 7.16. The number of quaternary nitrogens is 1. The lowest BCUT2D eigenvalue weighted by Crippen LogP contribution is -2.41. The summed E-state index contributed by atoms with van der Waals surface area (Å²) in [5, 5.41) is 10.0. The number of aromatic amines is 1. The van der Waals surface area contributed by atoms with Crippen LogP contribution in [0.25, 0.3) is 10.2 Å². The zero-order chi connectivity index (χ0) is 25.3. The first-order valence-corrected chi connectivity index (χ1v) is 12.6. The van der Waals surface area contributed by atoms with Gasteiger partial charge in [-0.25, -0.2) is 4.79 Å². The number of aromatic nitrogens is 1. The number of rotatable bonds is 7. The highest BCUT2D eigenvalue weighted by Crippen LogP contribution is 2.26.